The second kappa shape index (κ2) is 5.07. The zero-order chi connectivity index (χ0) is 13.1. The van der Waals surface area contributed by atoms with Crippen molar-refractivity contribution in [3.8, 4) is 0 Å². The van der Waals surface area contributed by atoms with Gasteiger partial charge in [-0.3, -0.25) is 0 Å². The van der Waals surface area contributed by atoms with Crippen molar-refractivity contribution < 1.29 is 0 Å². The molecule has 1 unspecified atom stereocenters. The summed E-state index contributed by atoms with van der Waals surface area (Å²) in [5.41, 5.74) is 2.53. The fourth-order valence-electron chi connectivity index (χ4n) is 2.70. The Bertz CT molecular complexity index is 608. The predicted octanol–water partition coefficient (Wildman–Crippen LogP) is 5.14. The lowest BCUT2D eigenvalue weighted by Gasteiger charge is -2.32. The molecule has 1 atom stereocenters. The quantitative estimate of drug-likeness (QED) is 0.706. The van der Waals surface area contributed by atoms with E-state index in [9.17, 15) is 0 Å². The van der Waals surface area contributed by atoms with Crippen LogP contribution in [0.3, 0.4) is 0 Å². The molecule has 0 aromatic heterocycles. The molecule has 0 N–H and O–H groups in total. The first-order valence-corrected chi connectivity index (χ1v) is 6.85. The van der Waals surface area contributed by atoms with Crippen LogP contribution in [0, 0.1) is 0 Å². The summed E-state index contributed by atoms with van der Waals surface area (Å²) in [5.74, 6) is 0. The predicted molar refractivity (Wildman–Crippen MR) is 81.6 cm³/mol. The van der Waals surface area contributed by atoms with E-state index in [1.54, 1.807) is 0 Å². The number of allylic oxidation sites excluding steroid dienone is 4. The van der Waals surface area contributed by atoms with Crippen LogP contribution >= 0.6 is 11.6 Å². The van der Waals surface area contributed by atoms with Crippen LogP contribution in [0.15, 0.2) is 78.9 Å². The van der Waals surface area contributed by atoms with Gasteiger partial charge >= 0.3 is 0 Å². The van der Waals surface area contributed by atoms with Crippen LogP contribution in [0.5, 0.6) is 0 Å². The molecule has 0 bridgehead atoms. The lowest BCUT2D eigenvalue weighted by Crippen LogP contribution is -2.25. The standard InChI is InChI=1S/C18H15Cl/c19-17-11-9-16(10-12-17)18(13-5-2-6-14-18)15-7-3-1-4-8-15/h1-13H,14H2. The number of halogens is 1. The van der Waals surface area contributed by atoms with E-state index < -0.39 is 0 Å². The van der Waals surface area contributed by atoms with Gasteiger partial charge in [-0.05, 0) is 29.7 Å². The van der Waals surface area contributed by atoms with Crippen molar-refractivity contribution in [2.24, 2.45) is 0 Å². The highest BCUT2D eigenvalue weighted by atomic mass is 35.5. The van der Waals surface area contributed by atoms with Crippen molar-refractivity contribution in [1.82, 2.24) is 0 Å². The Balaban J connectivity index is 2.15. The smallest absolute Gasteiger partial charge is 0.0419 e. The highest BCUT2D eigenvalue weighted by Gasteiger charge is 2.31. The van der Waals surface area contributed by atoms with Crippen molar-refractivity contribution in [3.05, 3.63) is 95.1 Å². The van der Waals surface area contributed by atoms with Crippen molar-refractivity contribution in [2.45, 2.75) is 11.8 Å². The lowest BCUT2D eigenvalue weighted by molar-refractivity contribution is 0.648. The van der Waals surface area contributed by atoms with E-state index in [1.807, 2.05) is 12.1 Å². The van der Waals surface area contributed by atoms with E-state index in [-0.39, 0.29) is 5.41 Å². The Kier molecular flexibility index (Phi) is 3.27. The first kappa shape index (κ1) is 12.3. The number of hydrogen-bond donors (Lipinski definition) is 0. The van der Waals surface area contributed by atoms with E-state index in [1.165, 1.54) is 11.1 Å². The Morgan fingerprint density at radius 2 is 1.47 bits per heavy atom. The van der Waals surface area contributed by atoms with Gasteiger partial charge in [-0.1, -0.05) is 78.4 Å². The molecule has 1 aliphatic carbocycles. The van der Waals surface area contributed by atoms with Gasteiger partial charge < -0.3 is 0 Å². The van der Waals surface area contributed by atoms with E-state index in [0.717, 1.165) is 11.4 Å². The maximum absolute atomic E-state index is 6.01. The number of hydrogen-bond acceptors (Lipinski definition) is 0. The first-order chi connectivity index (χ1) is 9.31. The summed E-state index contributed by atoms with van der Waals surface area (Å²) < 4.78 is 0. The molecule has 3 rings (SSSR count). The molecule has 19 heavy (non-hydrogen) atoms. The molecule has 0 radical (unpaired) electrons. The topological polar surface area (TPSA) is 0 Å². The number of rotatable bonds is 2. The fraction of sp³-hybridized carbons (Fsp3) is 0.111. The second-order valence-electron chi connectivity index (χ2n) is 4.84. The third-order valence-electron chi connectivity index (χ3n) is 3.72. The van der Waals surface area contributed by atoms with E-state index in [0.29, 0.717) is 0 Å². The minimum atomic E-state index is -0.0689. The number of benzene rings is 2. The molecule has 0 spiro atoms. The Hall–Kier alpha value is -1.79. The van der Waals surface area contributed by atoms with Crippen LogP contribution in [-0.4, -0.2) is 0 Å². The zero-order valence-electron chi connectivity index (χ0n) is 10.6. The molecule has 0 nitrogen and oxygen atoms in total. The van der Waals surface area contributed by atoms with Gasteiger partial charge in [0.25, 0.3) is 0 Å². The minimum absolute atomic E-state index is 0.0689. The van der Waals surface area contributed by atoms with Gasteiger partial charge in [-0.2, -0.15) is 0 Å². The average molecular weight is 267 g/mol. The molecule has 0 saturated carbocycles. The van der Waals surface area contributed by atoms with Gasteiger partial charge in [0.05, 0.1) is 0 Å². The molecular weight excluding hydrogens is 252 g/mol. The summed E-state index contributed by atoms with van der Waals surface area (Å²) in [5, 5.41) is 0.780. The SMILES string of the molecule is Clc1ccc(C2(c3ccccc3)C=CC=CC2)cc1. The molecule has 0 fully saturated rings. The molecule has 0 amide bonds. The maximum atomic E-state index is 6.01. The molecule has 1 heteroatoms. The molecule has 0 saturated heterocycles. The molecular formula is C18H15Cl. The van der Waals surface area contributed by atoms with Crippen LogP contribution < -0.4 is 0 Å². The molecule has 0 aliphatic heterocycles. The van der Waals surface area contributed by atoms with Crippen LogP contribution in [0.4, 0.5) is 0 Å². The van der Waals surface area contributed by atoms with Crippen molar-refractivity contribution in [3.63, 3.8) is 0 Å². The van der Waals surface area contributed by atoms with Crippen molar-refractivity contribution in [2.75, 3.05) is 0 Å². The molecule has 94 valence electrons. The highest BCUT2D eigenvalue weighted by Crippen LogP contribution is 2.39. The molecule has 2 aromatic rings. The van der Waals surface area contributed by atoms with E-state index in [2.05, 4.69) is 66.8 Å². The largest absolute Gasteiger partial charge is 0.0843 e. The van der Waals surface area contributed by atoms with E-state index in [4.69, 9.17) is 11.6 Å². The van der Waals surface area contributed by atoms with Gasteiger partial charge in [-0.25, -0.2) is 0 Å². The van der Waals surface area contributed by atoms with Crippen LogP contribution in [-0.2, 0) is 5.41 Å². The summed E-state index contributed by atoms with van der Waals surface area (Å²) in [6.07, 6.45) is 9.73. The summed E-state index contributed by atoms with van der Waals surface area (Å²) in [4.78, 5) is 0. The minimum Gasteiger partial charge on any atom is -0.0843 e. The summed E-state index contributed by atoms with van der Waals surface area (Å²) in [7, 11) is 0. The van der Waals surface area contributed by atoms with Gasteiger partial charge in [0.1, 0.15) is 0 Å². The lowest BCUT2D eigenvalue weighted by atomic mass is 9.70. The maximum Gasteiger partial charge on any atom is 0.0419 e. The Morgan fingerprint density at radius 1 is 0.789 bits per heavy atom. The monoisotopic (exact) mass is 266 g/mol. The third kappa shape index (κ3) is 2.24. The van der Waals surface area contributed by atoms with Gasteiger partial charge in [0, 0.05) is 10.4 Å². The molecule has 0 heterocycles. The normalized spacial score (nSPS) is 21.5. The summed E-state index contributed by atoms with van der Waals surface area (Å²) in [6.45, 7) is 0. The van der Waals surface area contributed by atoms with Crippen LogP contribution in [0.1, 0.15) is 17.5 Å². The highest BCUT2D eigenvalue weighted by molar-refractivity contribution is 6.30. The Labute approximate surface area is 119 Å². The van der Waals surface area contributed by atoms with Gasteiger partial charge in [0.2, 0.25) is 0 Å². The second-order valence-corrected chi connectivity index (χ2v) is 5.27. The molecule has 2 aromatic carbocycles. The Morgan fingerprint density at radius 3 is 2.11 bits per heavy atom. The van der Waals surface area contributed by atoms with E-state index >= 15 is 0 Å². The van der Waals surface area contributed by atoms with Crippen molar-refractivity contribution in [1.29, 1.82) is 0 Å². The summed E-state index contributed by atoms with van der Waals surface area (Å²) >= 11 is 6.01. The van der Waals surface area contributed by atoms with Gasteiger partial charge in [0.15, 0.2) is 0 Å². The zero-order valence-corrected chi connectivity index (χ0v) is 11.3. The fourth-order valence-corrected chi connectivity index (χ4v) is 2.82. The summed E-state index contributed by atoms with van der Waals surface area (Å²) in [6, 6.07) is 18.8. The first-order valence-electron chi connectivity index (χ1n) is 6.47. The van der Waals surface area contributed by atoms with Gasteiger partial charge in [-0.15, -0.1) is 0 Å². The van der Waals surface area contributed by atoms with Crippen LogP contribution in [0.25, 0.3) is 0 Å². The average Bonchev–Trinajstić information content (AvgIpc) is 2.49. The molecule has 1 aliphatic rings. The van der Waals surface area contributed by atoms with Crippen LogP contribution in [0.2, 0.25) is 5.02 Å². The third-order valence-corrected chi connectivity index (χ3v) is 3.97. The van der Waals surface area contributed by atoms with Crippen molar-refractivity contribution >= 4 is 11.6 Å².